The second-order valence-corrected chi connectivity index (χ2v) is 9.76. The zero-order chi connectivity index (χ0) is 22.2. The molecule has 3 saturated carbocycles. The number of carbonyl (C=O) groups is 1. The first-order valence-corrected chi connectivity index (χ1v) is 11.2. The molecule has 2 aromatic rings. The summed E-state index contributed by atoms with van der Waals surface area (Å²) < 4.78 is 1.44. The Balaban J connectivity index is 1.41. The average molecular weight is 485 g/mol. The van der Waals surface area contributed by atoms with Crippen molar-refractivity contribution >= 4 is 27.5 Å². The van der Waals surface area contributed by atoms with Gasteiger partial charge in [0.05, 0.1) is 23.9 Å². The largest absolute Gasteiger partial charge is 0.379 e. The highest BCUT2D eigenvalue weighted by Crippen LogP contribution is 2.61. The molecule has 9 heteroatoms. The summed E-state index contributed by atoms with van der Waals surface area (Å²) in [6.07, 6.45) is 6.85. The van der Waals surface area contributed by atoms with Crippen LogP contribution in [0.25, 0.3) is 0 Å². The van der Waals surface area contributed by atoms with Crippen LogP contribution in [0.5, 0.6) is 0 Å². The van der Waals surface area contributed by atoms with E-state index in [1.165, 1.54) is 0 Å². The zero-order valence-electron chi connectivity index (χ0n) is 17.5. The highest BCUT2D eigenvalue weighted by atomic mass is 79.9. The second kappa shape index (κ2) is 8.42. The van der Waals surface area contributed by atoms with Gasteiger partial charge < -0.3 is 10.6 Å². The molecule has 3 aliphatic carbocycles. The molecule has 3 fully saturated rings. The molecule has 0 aromatic carbocycles. The maximum Gasteiger partial charge on any atom is 0.283 e. The molecule has 31 heavy (non-hydrogen) atoms. The van der Waals surface area contributed by atoms with E-state index in [0.29, 0.717) is 28.5 Å². The smallest absolute Gasteiger partial charge is 0.283 e. The van der Waals surface area contributed by atoms with Gasteiger partial charge in [-0.25, -0.2) is 4.68 Å². The number of anilines is 1. The standard InChI is InChI=1S/C22H25BrN6O2/c1-22(2)14-7-16(22)15(9-24)17(8-14)28-18-11-27-29(21(31)20(18)23)12-19(30)26-10-13-3-5-25-6-4-13/h3-6,11,14-17,28H,7-8,10,12H2,1-2H3,(H,26,30)/t14-,15+,16+,17+/m0/s1. The van der Waals surface area contributed by atoms with E-state index in [-0.39, 0.29) is 35.4 Å². The van der Waals surface area contributed by atoms with Crippen molar-refractivity contribution in [3.8, 4) is 6.07 Å². The van der Waals surface area contributed by atoms with Crippen LogP contribution in [0.3, 0.4) is 0 Å². The van der Waals surface area contributed by atoms with Gasteiger partial charge in [-0.2, -0.15) is 10.4 Å². The molecule has 8 nitrogen and oxygen atoms in total. The van der Waals surface area contributed by atoms with Crippen molar-refractivity contribution in [2.24, 2.45) is 23.2 Å². The Morgan fingerprint density at radius 2 is 2.10 bits per heavy atom. The fraction of sp³-hybridized carbons (Fsp3) is 0.500. The Kier molecular flexibility index (Phi) is 5.84. The van der Waals surface area contributed by atoms with Gasteiger partial charge in [0.15, 0.2) is 0 Å². The molecular weight excluding hydrogens is 460 g/mol. The van der Waals surface area contributed by atoms with Gasteiger partial charge in [-0.3, -0.25) is 14.6 Å². The van der Waals surface area contributed by atoms with Gasteiger partial charge in [-0.1, -0.05) is 13.8 Å². The van der Waals surface area contributed by atoms with Crippen LogP contribution >= 0.6 is 15.9 Å². The molecule has 4 atom stereocenters. The summed E-state index contributed by atoms with van der Waals surface area (Å²) in [4.78, 5) is 28.9. The fourth-order valence-electron chi connectivity index (χ4n) is 4.90. The van der Waals surface area contributed by atoms with Crippen molar-refractivity contribution in [2.75, 3.05) is 5.32 Å². The van der Waals surface area contributed by atoms with Crippen LogP contribution in [-0.2, 0) is 17.9 Å². The lowest BCUT2D eigenvalue weighted by molar-refractivity contribution is -0.122. The zero-order valence-corrected chi connectivity index (χ0v) is 19.1. The van der Waals surface area contributed by atoms with Crippen LogP contribution in [0.1, 0.15) is 32.3 Å². The quantitative estimate of drug-likeness (QED) is 0.651. The molecule has 2 aromatic heterocycles. The van der Waals surface area contributed by atoms with Crippen LogP contribution in [0.4, 0.5) is 5.69 Å². The molecule has 0 aliphatic heterocycles. The lowest BCUT2D eigenvalue weighted by Crippen LogP contribution is -2.58. The maximum atomic E-state index is 12.7. The molecule has 2 heterocycles. The van der Waals surface area contributed by atoms with Crippen LogP contribution in [0.2, 0.25) is 0 Å². The highest BCUT2D eigenvalue weighted by Gasteiger charge is 2.58. The minimum Gasteiger partial charge on any atom is -0.379 e. The first kappa shape index (κ1) is 21.5. The Morgan fingerprint density at radius 1 is 1.35 bits per heavy atom. The molecule has 0 radical (unpaired) electrons. The molecule has 1 amide bonds. The number of rotatable bonds is 6. The van der Waals surface area contributed by atoms with E-state index in [0.717, 1.165) is 23.1 Å². The summed E-state index contributed by atoms with van der Waals surface area (Å²) in [5.41, 5.74) is 1.29. The summed E-state index contributed by atoms with van der Waals surface area (Å²) >= 11 is 3.36. The molecule has 3 aliphatic rings. The van der Waals surface area contributed by atoms with E-state index >= 15 is 0 Å². The molecule has 162 valence electrons. The lowest BCUT2D eigenvalue weighted by Gasteiger charge is -2.61. The Bertz CT molecular complexity index is 1080. The minimum atomic E-state index is -0.390. The van der Waals surface area contributed by atoms with Crippen molar-refractivity contribution in [3.63, 3.8) is 0 Å². The van der Waals surface area contributed by atoms with Gasteiger partial charge in [-0.15, -0.1) is 0 Å². The van der Waals surface area contributed by atoms with Crippen molar-refractivity contribution in [3.05, 3.63) is 51.1 Å². The van der Waals surface area contributed by atoms with Crippen LogP contribution in [0, 0.1) is 34.5 Å². The summed E-state index contributed by atoms with van der Waals surface area (Å²) in [6.45, 7) is 4.66. The Labute approximate surface area is 189 Å². The molecule has 0 spiro atoms. The number of nitriles is 1. The number of aromatic nitrogens is 3. The number of pyridine rings is 1. The predicted octanol–water partition coefficient (Wildman–Crippen LogP) is 2.70. The highest BCUT2D eigenvalue weighted by molar-refractivity contribution is 9.10. The van der Waals surface area contributed by atoms with Crippen molar-refractivity contribution in [1.82, 2.24) is 20.1 Å². The number of amides is 1. The summed E-state index contributed by atoms with van der Waals surface area (Å²) in [5.74, 6) is 0.534. The predicted molar refractivity (Wildman–Crippen MR) is 119 cm³/mol. The first-order chi connectivity index (χ1) is 14.8. The third-order valence-electron chi connectivity index (χ3n) is 6.96. The topological polar surface area (TPSA) is 113 Å². The van der Waals surface area contributed by atoms with Crippen LogP contribution in [0.15, 0.2) is 40.0 Å². The number of hydrogen-bond donors (Lipinski definition) is 2. The summed E-state index contributed by atoms with van der Waals surface area (Å²) in [7, 11) is 0. The van der Waals surface area contributed by atoms with Crippen molar-refractivity contribution in [2.45, 2.75) is 45.8 Å². The van der Waals surface area contributed by atoms with E-state index in [9.17, 15) is 14.9 Å². The molecular formula is C22H25BrN6O2. The van der Waals surface area contributed by atoms with E-state index in [1.54, 1.807) is 18.6 Å². The van der Waals surface area contributed by atoms with E-state index < -0.39 is 0 Å². The monoisotopic (exact) mass is 484 g/mol. The Hall–Kier alpha value is -2.73. The van der Waals surface area contributed by atoms with Crippen LogP contribution < -0.4 is 16.2 Å². The molecule has 2 N–H and O–H groups in total. The Morgan fingerprint density at radius 3 is 2.77 bits per heavy atom. The number of halogens is 1. The van der Waals surface area contributed by atoms with E-state index in [1.807, 2.05) is 12.1 Å². The third kappa shape index (κ3) is 4.09. The van der Waals surface area contributed by atoms with Gasteiger partial charge in [0, 0.05) is 25.0 Å². The van der Waals surface area contributed by atoms with Gasteiger partial charge in [0.25, 0.3) is 5.56 Å². The SMILES string of the molecule is CC1(C)[C@H]2C[C@@H]1[C@@H](C#N)[C@H](Nc1cnn(CC(=O)NCc3ccncc3)c(=O)c1Br)C2. The lowest BCUT2D eigenvalue weighted by atomic mass is 9.44. The number of nitrogens with one attached hydrogen (secondary N) is 2. The van der Waals surface area contributed by atoms with E-state index in [4.69, 9.17) is 0 Å². The molecule has 5 rings (SSSR count). The number of fused-ring (bicyclic) bond motifs is 2. The minimum absolute atomic E-state index is 0.0150. The number of carbonyl (C=O) groups excluding carboxylic acids is 1. The van der Waals surface area contributed by atoms with Gasteiger partial charge in [0.1, 0.15) is 11.0 Å². The molecule has 0 saturated heterocycles. The van der Waals surface area contributed by atoms with Crippen molar-refractivity contribution in [1.29, 1.82) is 5.26 Å². The summed E-state index contributed by atoms with van der Waals surface area (Å²) in [6, 6.07) is 6.09. The first-order valence-electron chi connectivity index (χ1n) is 10.4. The normalized spacial score (nSPS) is 25.7. The van der Waals surface area contributed by atoms with Gasteiger partial charge in [0.2, 0.25) is 5.91 Å². The van der Waals surface area contributed by atoms with Gasteiger partial charge in [-0.05, 0) is 63.7 Å². The second-order valence-electron chi connectivity index (χ2n) is 8.97. The van der Waals surface area contributed by atoms with Crippen LogP contribution in [-0.4, -0.2) is 26.7 Å². The fourth-order valence-corrected chi connectivity index (χ4v) is 5.32. The third-order valence-corrected chi connectivity index (χ3v) is 7.73. The number of hydrogen-bond acceptors (Lipinski definition) is 6. The number of nitrogens with zero attached hydrogens (tertiary/aromatic N) is 4. The molecule has 0 unspecified atom stereocenters. The van der Waals surface area contributed by atoms with E-state index in [2.05, 4.69) is 56.6 Å². The maximum absolute atomic E-state index is 12.7. The molecule has 2 bridgehead atoms. The average Bonchev–Trinajstić information content (AvgIpc) is 2.77. The summed E-state index contributed by atoms with van der Waals surface area (Å²) in [5, 5.41) is 20.0. The van der Waals surface area contributed by atoms with Gasteiger partial charge >= 0.3 is 0 Å². The van der Waals surface area contributed by atoms with Crippen molar-refractivity contribution < 1.29 is 4.79 Å².